The molecule has 0 fully saturated rings. The SMILES string of the molecule is C=C([SiH](Cl)N(C)C)C(C)(C)C. The summed E-state index contributed by atoms with van der Waals surface area (Å²) in [7, 11) is 2.65. The van der Waals surface area contributed by atoms with Gasteiger partial charge in [0.05, 0.1) is 0 Å². The molecule has 66 valence electrons. The van der Waals surface area contributed by atoms with Gasteiger partial charge in [0.25, 0.3) is 0 Å². The molecule has 0 saturated heterocycles. The predicted octanol–water partition coefficient (Wildman–Crippen LogP) is 2.15. The number of hydrogen-bond donors (Lipinski definition) is 0. The monoisotopic (exact) mass is 191 g/mol. The molecule has 0 bridgehead atoms. The summed E-state index contributed by atoms with van der Waals surface area (Å²) >= 11 is 6.22. The van der Waals surface area contributed by atoms with Gasteiger partial charge in [-0.1, -0.05) is 26.0 Å². The summed E-state index contributed by atoms with van der Waals surface area (Å²) < 4.78 is 2.09. The summed E-state index contributed by atoms with van der Waals surface area (Å²) in [5.74, 6) is 0. The summed E-state index contributed by atoms with van der Waals surface area (Å²) in [4.78, 5) is 0. The van der Waals surface area contributed by atoms with Crippen molar-refractivity contribution in [3.63, 3.8) is 0 Å². The van der Waals surface area contributed by atoms with Gasteiger partial charge in [-0.05, 0) is 19.5 Å². The first kappa shape index (κ1) is 11.2. The fourth-order valence-corrected chi connectivity index (χ4v) is 2.99. The number of allylic oxidation sites excluding steroid dienone is 1. The van der Waals surface area contributed by atoms with Crippen LogP contribution in [0.1, 0.15) is 20.8 Å². The molecule has 1 unspecified atom stereocenters. The normalized spacial score (nSPS) is 15.2. The van der Waals surface area contributed by atoms with Crippen molar-refractivity contribution >= 4 is 19.3 Å². The topological polar surface area (TPSA) is 3.24 Å². The lowest BCUT2D eigenvalue weighted by Crippen LogP contribution is -2.34. The van der Waals surface area contributed by atoms with Gasteiger partial charge in [-0.15, -0.1) is 17.7 Å². The fourth-order valence-electron chi connectivity index (χ4n) is 0.669. The standard InChI is InChI=1S/C8H18ClNSi/c1-7(8(2,3)4)11(9)10(5)6/h11H,1H2,2-6H3. The summed E-state index contributed by atoms with van der Waals surface area (Å²) in [6, 6.07) is 0. The second kappa shape index (κ2) is 3.74. The van der Waals surface area contributed by atoms with Crippen molar-refractivity contribution in [3.8, 4) is 0 Å². The van der Waals surface area contributed by atoms with Crippen LogP contribution in [0.25, 0.3) is 0 Å². The predicted molar refractivity (Wildman–Crippen MR) is 55.3 cm³/mol. The average molecular weight is 192 g/mol. The number of hydrogen-bond acceptors (Lipinski definition) is 1. The molecule has 0 aromatic rings. The van der Waals surface area contributed by atoms with Gasteiger partial charge in [0.1, 0.15) is 0 Å². The van der Waals surface area contributed by atoms with E-state index in [1.165, 1.54) is 5.20 Å². The van der Waals surface area contributed by atoms with Gasteiger partial charge < -0.3 is 4.57 Å². The van der Waals surface area contributed by atoms with Crippen molar-refractivity contribution in [2.75, 3.05) is 14.1 Å². The molecule has 0 radical (unpaired) electrons. The first-order chi connectivity index (χ1) is 4.76. The number of halogens is 1. The molecule has 1 nitrogen and oxygen atoms in total. The van der Waals surface area contributed by atoms with E-state index in [2.05, 4.69) is 31.9 Å². The third-order valence-electron chi connectivity index (χ3n) is 1.70. The second-order valence-corrected chi connectivity index (χ2v) is 7.72. The van der Waals surface area contributed by atoms with Crippen molar-refractivity contribution in [1.29, 1.82) is 0 Å². The van der Waals surface area contributed by atoms with Crippen LogP contribution in [-0.4, -0.2) is 26.9 Å². The van der Waals surface area contributed by atoms with Crippen LogP contribution in [0.15, 0.2) is 11.8 Å². The van der Waals surface area contributed by atoms with E-state index in [9.17, 15) is 0 Å². The zero-order valence-electron chi connectivity index (χ0n) is 8.11. The maximum Gasteiger partial charge on any atom is 0.240 e. The van der Waals surface area contributed by atoms with Crippen LogP contribution in [0.3, 0.4) is 0 Å². The lowest BCUT2D eigenvalue weighted by Gasteiger charge is -2.28. The van der Waals surface area contributed by atoms with Gasteiger partial charge in [-0.25, -0.2) is 0 Å². The Morgan fingerprint density at radius 2 is 1.73 bits per heavy atom. The van der Waals surface area contributed by atoms with Crippen molar-refractivity contribution in [3.05, 3.63) is 11.8 Å². The van der Waals surface area contributed by atoms with E-state index in [0.29, 0.717) is 0 Å². The largest absolute Gasteiger partial charge is 0.316 e. The summed E-state index contributed by atoms with van der Waals surface area (Å²) in [6.45, 7) is 10.5. The molecule has 0 aliphatic heterocycles. The van der Waals surface area contributed by atoms with Crippen molar-refractivity contribution in [2.24, 2.45) is 5.41 Å². The maximum atomic E-state index is 6.22. The Morgan fingerprint density at radius 3 is 1.82 bits per heavy atom. The van der Waals surface area contributed by atoms with Crippen molar-refractivity contribution in [2.45, 2.75) is 20.8 Å². The van der Waals surface area contributed by atoms with Crippen LogP contribution in [0, 0.1) is 5.41 Å². The van der Waals surface area contributed by atoms with Gasteiger partial charge in [-0.3, -0.25) is 0 Å². The molecule has 0 aromatic carbocycles. The van der Waals surface area contributed by atoms with E-state index < -0.39 is 8.27 Å². The first-order valence-corrected chi connectivity index (χ1v) is 6.60. The van der Waals surface area contributed by atoms with Gasteiger partial charge in [-0.2, -0.15) is 0 Å². The maximum absolute atomic E-state index is 6.22. The van der Waals surface area contributed by atoms with Gasteiger partial charge in [0, 0.05) is 0 Å². The highest BCUT2D eigenvalue weighted by atomic mass is 35.6. The minimum atomic E-state index is -1.38. The Labute approximate surface area is 76.4 Å². The average Bonchev–Trinajstić information content (AvgIpc) is 1.82. The zero-order valence-corrected chi connectivity index (χ0v) is 10.0. The van der Waals surface area contributed by atoms with Crippen LogP contribution in [0.5, 0.6) is 0 Å². The molecule has 0 amide bonds. The van der Waals surface area contributed by atoms with E-state index in [0.717, 1.165) is 0 Å². The Hall–Kier alpha value is 0.207. The molecular weight excluding hydrogens is 174 g/mol. The molecular formula is C8H18ClNSi. The zero-order chi connectivity index (χ0) is 9.23. The summed E-state index contributed by atoms with van der Waals surface area (Å²) in [6.07, 6.45) is 0. The van der Waals surface area contributed by atoms with Gasteiger partial charge in [0.15, 0.2) is 0 Å². The van der Waals surface area contributed by atoms with Gasteiger partial charge >= 0.3 is 0 Å². The molecule has 3 heteroatoms. The third-order valence-corrected chi connectivity index (χ3v) is 6.01. The minimum Gasteiger partial charge on any atom is -0.316 e. The summed E-state index contributed by atoms with van der Waals surface area (Å²) in [5.41, 5.74) is 0.156. The molecule has 11 heavy (non-hydrogen) atoms. The van der Waals surface area contributed by atoms with E-state index in [-0.39, 0.29) is 5.41 Å². The quantitative estimate of drug-likeness (QED) is 0.478. The van der Waals surface area contributed by atoms with Crippen molar-refractivity contribution in [1.82, 2.24) is 4.57 Å². The molecule has 0 rings (SSSR count). The molecule has 0 heterocycles. The number of rotatable bonds is 2. The van der Waals surface area contributed by atoms with E-state index >= 15 is 0 Å². The van der Waals surface area contributed by atoms with E-state index in [1.54, 1.807) is 0 Å². The van der Waals surface area contributed by atoms with Crippen LogP contribution in [-0.2, 0) is 0 Å². The highest BCUT2D eigenvalue weighted by molar-refractivity contribution is 7.09. The van der Waals surface area contributed by atoms with Crippen LogP contribution in [0.4, 0.5) is 0 Å². The number of nitrogens with zero attached hydrogens (tertiary/aromatic N) is 1. The van der Waals surface area contributed by atoms with Crippen LogP contribution < -0.4 is 0 Å². The molecule has 0 N–H and O–H groups in total. The van der Waals surface area contributed by atoms with Crippen LogP contribution in [0.2, 0.25) is 0 Å². The molecule has 0 aromatic heterocycles. The van der Waals surface area contributed by atoms with Gasteiger partial charge in [0.2, 0.25) is 8.27 Å². The molecule has 0 saturated carbocycles. The first-order valence-electron chi connectivity index (χ1n) is 3.76. The molecule has 0 spiro atoms. The molecule has 0 aliphatic carbocycles. The fraction of sp³-hybridized carbons (Fsp3) is 0.750. The van der Waals surface area contributed by atoms with Crippen molar-refractivity contribution < 1.29 is 0 Å². The Balaban J connectivity index is 4.26. The van der Waals surface area contributed by atoms with E-state index in [1.807, 2.05) is 14.1 Å². The second-order valence-electron chi connectivity index (χ2n) is 4.07. The Bertz CT molecular complexity index is 149. The van der Waals surface area contributed by atoms with E-state index in [4.69, 9.17) is 11.1 Å². The third kappa shape index (κ3) is 3.41. The summed E-state index contributed by atoms with van der Waals surface area (Å²) in [5, 5.41) is 1.20. The van der Waals surface area contributed by atoms with Crippen LogP contribution >= 0.6 is 11.1 Å². The highest BCUT2D eigenvalue weighted by Crippen LogP contribution is 2.27. The molecule has 0 aliphatic rings. The Morgan fingerprint density at radius 1 is 1.36 bits per heavy atom. The lowest BCUT2D eigenvalue weighted by molar-refractivity contribution is 0.518. The Kier molecular flexibility index (Phi) is 3.81. The highest BCUT2D eigenvalue weighted by Gasteiger charge is 2.24. The smallest absolute Gasteiger partial charge is 0.240 e. The molecule has 1 atom stereocenters. The lowest BCUT2D eigenvalue weighted by atomic mass is 9.97. The minimum absolute atomic E-state index is 0.156.